The number of nitrogens with one attached hydrogen (secondary N) is 1. The zero-order valence-corrected chi connectivity index (χ0v) is 10.4. The number of amides is 1. The van der Waals surface area contributed by atoms with Crippen molar-refractivity contribution in [3.8, 4) is 0 Å². The Kier molecular flexibility index (Phi) is 3.20. The molecule has 0 aliphatic rings. The molecule has 0 radical (unpaired) electrons. The summed E-state index contributed by atoms with van der Waals surface area (Å²) in [6.07, 6.45) is 1.45. The number of aromatic nitrogens is 2. The van der Waals surface area contributed by atoms with Gasteiger partial charge in [0, 0.05) is 19.3 Å². The minimum Gasteiger partial charge on any atom is -0.396 e. The zero-order valence-electron chi connectivity index (χ0n) is 10.4. The van der Waals surface area contributed by atoms with Crippen molar-refractivity contribution < 1.29 is 13.6 Å². The number of nitrogens with zero attached hydrogens (tertiary/aromatic N) is 2. The number of hydrogen-bond donors (Lipinski definition) is 2. The van der Waals surface area contributed by atoms with Crippen molar-refractivity contribution in [1.29, 1.82) is 0 Å². The molecular weight excluding hydrogens is 254 g/mol. The first-order valence-corrected chi connectivity index (χ1v) is 5.44. The third-order valence-corrected chi connectivity index (χ3v) is 2.57. The van der Waals surface area contributed by atoms with Crippen molar-refractivity contribution >= 4 is 17.3 Å². The number of hydrogen-bond acceptors (Lipinski definition) is 3. The highest BCUT2D eigenvalue weighted by molar-refractivity contribution is 6.06. The number of benzene rings is 1. The smallest absolute Gasteiger partial charge is 0.278 e. The SMILES string of the molecule is Cc1cc(F)c(NC(=O)c2nn(C)cc2N)cc1F. The van der Waals surface area contributed by atoms with Crippen molar-refractivity contribution in [3.05, 3.63) is 41.2 Å². The van der Waals surface area contributed by atoms with E-state index in [1.807, 2.05) is 0 Å². The van der Waals surface area contributed by atoms with Crippen molar-refractivity contribution in [2.75, 3.05) is 11.1 Å². The molecule has 1 heterocycles. The summed E-state index contributed by atoms with van der Waals surface area (Å²) in [6, 6.07) is 1.93. The summed E-state index contributed by atoms with van der Waals surface area (Å²) in [5.41, 5.74) is 5.61. The predicted octanol–water partition coefficient (Wildman–Crippen LogP) is 1.84. The molecule has 100 valence electrons. The Hall–Kier alpha value is -2.44. The third-order valence-electron chi connectivity index (χ3n) is 2.57. The van der Waals surface area contributed by atoms with Crippen molar-refractivity contribution in [2.24, 2.45) is 7.05 Å². The van der Waals surface area contributed by atoms with Crippen LogP contribution in [-0.4, -0.2) is 15.7 Å². The largest absolute Gasteiger partial charge is 0.396 e. The van der Waals surface area contributed by atoms with Gasteiger partial charge in [0.2, 0.25) is 0 Å². The van der Waals surface area contributed by atoms with Crippen LogP contribution in [0.1, 0.15) is 16.1 Å². The molecule has 1 aromatic carbocycles. The lowest BCUT2D eigenvalue weighted by atomic mass is 10.2. The molecule has 0 atom stereocenters. The number of halogens is 2. The lowest BCUT2D eigenvalue weighted by Crippen LogP contribution is -2.16. The summed E-state index contributed by atoms with van der Waals surface area (Å²) < 4.78 is 28.3. The van der Waals surface area contributed by atoms with E-state index in [0.717, 1.165) is 12.1 Å². The second-order valence-corrected chi connectivity index (χ2v) is 4.14. The van der Waals surface area contributed by atoms with E-state index in [9.17, 15) is 13.6 Å². The molecule has 7 heteroatoms. The summed E-state index contributed by atoms with van der Waals surface area (Å²) >= 11 is 0. The molecule has 2 aromatic rings. The van der Waals surface area contributed by atoms with E-state index in [2.05, 4.69) is 10.4 Å². The highest BCUT2D eigenvalue weighted by Crippen LogP contribution is 2.20. The van der Waals surface area contributed by atoms with Gasteiger partial charge in [-0.3, -0.25) is 9.48 Å². The van der Waals surface area contributed by atoms with Crippen LogP contribution in [0.5, 0.6) is 0 Å². The van der Waals surface area contributed by atoms with E-state index in [1.165, 1.54) is 17.8 Å². The zero-order chi connectivity index (χ0) is 14.2. The van der Waals surface area contributed by atoms with Crippen LogP contribution in [0.2, 0.25) is 0 Å². The minimum absolute atomic E-state index is 0.0390. The Labute approximate surface area is 108 Å². The summed E-state index contributed by atoms with van der Waals surface area (Å²) in [5.74, 6) is -2.02. The average Bonchev–Trinajstić information content (AvgIpc) is 2.65. The van der Waals surface area contributed by atoms with Gasteiger partial charge < -0.3 is 11.1 Å². The van der Waals surface area contributed by atoms with Crippen molar-refractivity contribution in [2.45, 2.75) is 6.92 Å². The molecule has 0 saturated heterocycles. The molecule has 3 N–H and O–H groups in total. The van der Waals surface area contributed by atoms with Crippen LogP contribution in [0, 0.1) is 18.6 Å². The molecule has 0 aliphatic carbocycles. The number of carbonyl (C=O) groups is 1. The van der Waals surface area contributed by atoms with Gasteiger partial charge >= 0.3 is 0 Å². The van der Waals surface area contributed by atoms with Crippen LogP contribution in [0.15, 0.2) is 18.3 Å². The number of nitrogen functional groups attached to an aromatic ring is 1. The van der Waals surface area contributed by atoms with Crippen LogP contribution in [0.4, 0.5) is 20.2 Å². The normalized spacial score (nSPS) is 10.5. The standard InChI is InChI=1S/C12H12F2N4O/c1-6-3-8(14)10(4-7(6)13)16-12(19)11-9(15)5-18(2)17-11/h3-5H,15H2,1-2H3,(H,16,19). The predicted molar refractivity (Wildman–Crippen MR) is 66.7 cm³/mol. The molecule has 0 saturated carbocycles. The fourth-order valence-corrected chi connectivity index (χ4v) is 1.61. The summed E-state index contributed by atoms with van der Waals surface area (Å²) in [6.45, 7) is 1.43. The Bertz CT molecular complexity index is 651. The van der Waals surface area contributed by atoms with Crippen LogP contribution >= 0.6 is 0 Å². The first-order chi connectivity index (χ1) is 8.88. The van der Waals surface area contributed by atoms with E-state index in [0.29, 0.717) is 0 Å². The molecular formula is C12H12F2N4O. The maximum atomic E-state index is 13.6. The Morgan fingerprint density at radius 2 is 2.05 bits per heavy atom. The van der Waals surface area contributed by atoms with Gasteiger partial charge in [-0.05, 0) is 18.6 Å². The second kappa shape index (κ2) is 4.68. The monoisotopic (exact) mass is 266 g/mol. The Morgan fingerprint density at radius 1 is 1.37 bits per heavy atom. The van der Waals surface area contributed by atoms with Gasteiger partial charge in [-0.15, -0.1) is 0 Å². The number of carbonyl (C=O) groups excluding carboxylic acids is 1. The maximum Gasteiger partial charge on any atom is 0.278 e. The lowest BCUT2D eigenvalue weighted by Gasteiger charge is -2.07. The lowest BCUT2D eigenvalue weighted by molar-refractivity contribution is 0.102. The van der Waals surface area contributed by atoms with Crippen molar-refractivity contribution in [1.82, 2.24) is 9.78 Å². The molecule has 5 nitrogen and oxygen atoms in total. The Morgan fingerprint density at radius 3 is 2.63 bits per heavy atom. The van der Waals surface area contributed by atoms with Gasteiger partial charge in [0.1, 0.15) is 11.6 Å². The van der Waals surface area contributed by atoms with Gasteiger partial charge in [-0.2, -0.15) is 5.10 Å². The third kappa shape index (κ3) is 2.54. The average molecular weight is 266 g/mol. The fraction of sp³-hybridized carbons (Fsp3) is 0.167. The van der Waals surface area contributed by atoms with Crippen LogP contribution < -0.4 is 11.1 Å². The van der Waals surface area contributed by atoms with E-state index < -0.39 is 17.5 Å². The molecule has 0 fully saturated rings. The molecule has 0 aliphatic heterocycles. The first kappa shape index (κ1) is 13.0. The van der Waals surface area contributed by atoms with Crippen LogP contribution in [0.3, 0.4) is 0 Å². The summed E-state index contributed by atoms with van der Waals surface area (Å²) in [7, 11) is 1.60. The number of anilines is 2. The van der Waals surface area contributed by atoms with Gasteiger partial charge in [0.25, 0.3) is 5.91 Å². The minimum atomic E-state index is -0.721. The second-order valence-electron chi connectivity index (χ2n) is 4.14. The van der Waals surface area contributed by atoms with E-state index in [1.54, 1.807) is 7.05 Å². The van der Waals surface area contributed by atoms with E-state index in [-0.39, 0.29) is 22.6 Å². The van der Waals surface area contributed by atoms with E-state index >= 15 is 0 Å². The first-order valence-electron chi connectivity index (χ1n) is 5.44. The molecule has 2 rings (SSSR count). The molecule has 0 unspecified atom stereocenters. The van der Waals surface area contributed by atoms with Crippen LogP contribution in [-0.2, 0) is 7.05 Å². The van der Waals surface area contributed by atoms with E-state index in [4.69, 9.17) is 5.73 Å². The summed E-state index contributed by atoms with van der Waals surface area (Å²) in [4.78, 5) is 11.8. The number of nitrogens with two attached hydrogens (primary N) is 1. The van der Waals surface area contributed by atoms with Gasteiger partial charge in [-0.25, -0.2) is 8.78 Å². The highest BCUT2D eigenvalue weighted by atomic mass is 19.1. The van der Waals surface area contributed by atoms with Crippen LogP contribution in [0.25, 0.3) is 0 Å². The topological polar surface area (TPSA) is 72.9 Å². The highest BCUT2D eigenvalue weighted by Gasteiger charge is 2.16. The number of rotatable bonds is 2. The number of aryl methyl sites for hydroxylation is 2. The Balaban J connectivity index is 2.29. The van der Waals surface area contributed by atoms with Crippen molar-refractivity contribution in [3.63, 3.8) is 0 Å². The molecule has 0 spiro atoms. The van der Waals surface area contributed by atoms with Gasteiger partial charge in [0.05, 0.1) is 11.4 Å². The quantitative estimate of drug-likeness (QED) is 0.871. The molecule has 1 aromatic heterocycles. The molecule has 1 amide bonds. The fourth-order valence-electron chi connectivity index (χ4n) is 1.61. The molecule has 0 bridgehead atoms. The molecule has 19 heavy (non-hydrogen) atoms. The van der Waals surface area contributed by atoms with Gasteiger partial charge in [0.15, 0.2) is 5.69 Å². The summed E-state index contributed by atoms with van der Waals surface area (Å²) in [5, 5.41) is 6.08. The van der Waals surface area contributed by atoms with Gasteiger partial charge in [-0.1, -0.05) is 0 Å². The maximum absolute atomic E-state index is 13.6.